The quantitative estimate of drug-likeness (QED) is 0.744. The van der Waals surface area contributed by atoms with Crippen molar-refractivity contribution < 1.29 is 22.7 Å². The first-order chi connectivity index (χ1) is 12.9. The molecular weight excluding hydrogens is 380 g/mol. The number of anilines is 1. The van der Waals surface area contributed by atoms with Crippen LogP contribution in [0.15, 0.2) is 47.4 Å². The zero-order valence-electron chi connectivity index (χ0n) is 16.3. The Morgan fingerprint density at radius 3 is 2.21 bits per heavy atom. The molecule has 0 aliphatic carbocycles. The van der Waals surface area contributed by atoms with E-state index in [2.05, 4.69) is 26.1 Å². The van der Waals surface area contributed by atoms with Crippen molar-refractivity contribution in [3.63, 3.8) is 0 Å². The molecule has 0 atom stereocenters. The summed E-state index contributed by atoms with van der Waals surface area (Å²) >= 11 is 0. The fraction of sp³-hybridized carbons (Fsp3) is 0.300. The zero-order valence-corrected chi connectivity index (χ0v) is 17.1. The predicted molar refractivity (Wildman–Crippen MR) is 107 cm³/mol. The number of hydrogen-bond acceptors (Lipinski definition) is 5. The Morgan fingerprint density at radius 2 is 1.68 bits per heavy atom. The van der Waals surface area contributed by atoms with Crippen molar-refractivity contribution in [1.29, 1.82) is 0 Å². The molecule has 0 aliphatic heterocycles. The van der Waals surface area contributed by atoms with Crippen molar-refractivity contribution in [3.05, 3.63) is 59.2 Å². The third kappa shape index (κ3) is 5.64. The van der Waals surface area contributed by atoms with Crippen LogP contribution >= 0.6 is 0 Å². The number of sulfonamides is 1. The van der Waals surface area contributed by atoms with Crippen molar-refractivity contribution in [2.45, 2.75) is 38.0 Å². The topological polar surface area (TPSA) is 116 Å². The normalized spacial score (nSPS) is 11.8. The fourth-order valence-electron chi connectivity index (χ4n) is 2.50. The van der Waals surface area contributed by atoms with Crippen LogP contribution in [0.2, 0.25) is 0 Å². The van der Waals surface area contributed by atoms with E-state index >= 15 is 0 Å². The maximum atomic E-state index is 12.1. The van der Waals surface area contributed by atoms with Crippen molar-refractivity contribution in [2.24, 2.45) is 5.14 Å². The highest BCUT2D eigenvalue weighted by atomic mass is 32.2. The summed E-state index contributed by atoms with van der Waals surface area (Å²) in [5, 5.41) is 7.63. The Kier molecular flexibility index (Phi) is 6.26. The van der Waals surface area contributed by atoms with Crippen LogP contribution in [0.5, 0.6) is 0 Å². The number of nitrogens with one attached hydrogen (secondary N) is 1. The highest BCUT2D eigenvalue weighted by Gasteiger charge is 2.16. The highest BCUT2D eigenvalue weighted by molar-refractivity contribution is 7.89. The van der Waals surface area contributed by atoms with Crippen LogP contribution in [-0.4, -0.2) is 26.9 Å². The zero-order chi connectivity index (χ0) is 21.1. The molecule has 3 N–H and O–H groups in total. The van der Waals surface area contributed by atoms with Gasteiger partial charge in [-0.25, -0.2) is 18.4 Å². The Bertz CT molecular complexity index is 990. The number of rotatable bonds is 5. The molecule has 8 heteroatoms. The van der Waals surface area contributed by atoms with Gasteiger partial charge >= 0.3 is 5.97 Å². The lowest BCUT2D eigenvalue weighted by molar-refractivity contribution is -0.119. The summed E-state index contributed by atoms with van der Waals surface area (Å²) in [5.41, 5.74) is 2.09. The molecule has 2 aromatic rings. The van der Waals surface area contributed by atoms with Gasteiger partial charge in [0.25, 0.3) is 5.91 Å². The third-order valence-corrected chi connectivity index (χ3v) is 5.15. The smallest absolute Gasteiger partial charge is 0.338 e. The van der Waals surface area contributed by atoms with E-state index in [0.29, 0.717) is 11.1 Å². The van der Waals surface area contributed by atoms with Gasteiger partial charge in [0.15, 0.2) is 6.61 Å². The lowest BCUT2D eigenvalue weighted by Crippen LogP contribution is -2.21. The highest BCUT2D eigenvalue weighted by Crippen LogP contribution is 2.22. The van der Waals surface area contributed by atoms with Crippen LogP contribution < -0.4 is 10.5 Å². The van der Waals surface area contributed by atoms with E-state index in [1.165, 1.54) is 18.2 Å². The second kappa shape index (κ2) is 8.12. The molecule has 0 radical (unpaired) electrons. The summed E-state index contributed by atoms with van der Waals surface area (Å²) < 4.78 is 28.1. The summed E-state index contributed by atoms with van der Waals surface area (Å²) in [5.74, 6) is -1.21. The first-order valence-corrected chi connectivity index (χ1v) is 10.1. The maximum absolute atomic E-state index is 12.1. The molecule has 0 unspecified atom stereocenters. The minimum atomic E-state index is -3.90. The molecule has 0 aromatic heterocycles. The third-order valence-electron chi connectivity index (χ3n) is 4.10. The van der Waals surface area contributed by atoms with Gasteiger partial charge in [-0.1, -0.05) is 39.0 Å². The van der Waals surface area contributed by atoms with E-state index in [0.717, 1.165) is 5.56 Å². The average Bonchev–Trinajstić information content (AvgIpc) is 2.59. The van der Waals surface area contributed by atoms with Gasteiger partial charge in [-0.3, -0.25) is 4.79 Å². The minimum absolute atomic E-state index is 0.0355. The van der Waals surface area contributed by atoms with Crippen LogP contribution in [0.4, 0.5) is 5.69 Å². The molecule has 150 valence electrons. The lowest BCUT2D eigenvalue weighted by Gasteiger charge is -2.18. The number of benzene rings is 2. The molecule has 0 bridgehead atoms. The number of carbonyl (C=O) groups excluding carboxylic acids is 2. The van der Waals surface area contributed by atoms with Crippen LogP contribution in [0.25, 0.3) is 0 Å². The number of amides is 1. The van der Waals surface area contributed by atoms with Crippen LogP contribution in [-0.2, 0) is 25.0 Å². The molecule has 0 saturated heterocycles. The molecule has 2 rings (SSSR count). The molecular formula is C20H24N2O5S. The average molecular weight is 404 g/mol. The predicted octanol–water partition coefficient (Wildman–Crippen LogP) is 2.74. The molecule has 1 amide bonds. The molecule has 2 aromatic carbocycles. The van der Waals surface area contributed by atoms with E-state index in [4.69, 9.17) is 9.88 Å². The van der Waals surface area contributed by atoms with E-state index in [1.807, 2.05) is 12.1 Å². The molecule has 0 aliphatic rings. The van der Waals surface area contributed by atoms with E-state index in [1.54, 1.807) is 19.1 Å². The largest absolute Gasteiger partial charge is 0.452 e. The van der Waals surface area contributed by atoms with Gasteiger partial charge in [-0.2, -0.15) is 0 Å². The number of carbonyl (C=O) groups is 2. The van der Waals surface area contributed by atoms with Crippen molar-refractivity contribution in [1.82, 2.24) is 0 Å². The van der Waals surface area contributed by atoms with Crippen molar-refractivity contribution in [2.75, 3.05) is 11.9 Å². The van der Waals surface area contributed by atoms with E-state index in [-0.39, 0.29) is 16.0 Å². The maximum Gasteiger partial charge on any atom is 0.338 e. The second-order valence-electron chi connectivity index (χ2n) is 7.48. The van der Waals surface area contributed by atoms with Crippen molar-refractivity contribution in [3.8, 4) is 0 Å². The van der Waals surface area contributed by atoms with Crippen LogP contribution in [0, 0.1) is 6.92 Å². The van der Waals surface area contributed by atoms with Gasteiger partial charge in [0, 0.05) is 5.69 Å². The number of aryl methyl sites for hydroxylation is 1. The molecule has 0 fully saturated rings. The van der Waals surface area contributed by atoms with E-state index < -0.39 is 28.5 Å². The van der Waals surface area contributed by atoms with E-state index in [9.17, 15) is 18.0 Å². The molecule has 7 nitrogen and oxygen atoms in total. The Labute approximate surface area is 164 Å². The minimum Gasteiger partial charge on any atom is -0.452 e. The molecule has 28 heavy (non-hydrogen) atoms. The standard InChI is InChI=1S/C20H24N2O5S/c1-13-5-10-16(11-17(13)28(21,25)26)22-18(23)12-27-19(24)14-6-8-15(9-7-14)20(2,3)4/h5-11H,12H2,1-4H3,(H,22,23)(H2,21,25,26). The van der Waals surface area contributed by atoms with Gasteiger partial charge < -0.3 is 10.1 Å². The van der Waals surface area contributed by atoms with Crippen molar-refractivity contribution >= 4 is 27.6 Å². The van der Waals surface area contributed by atoms with Gasteiger partial charge in [-0.15, -0.1) is 0 Å². The summed E-state index contributed by atoms with van der Waals surface area (Å²) in [7, 11) is -3.90. The summed E-state index contributed by atoms with van der Waals surface area (Å²) in [4.78, 5) is 24.0. The van der Waals surface area contributed by atoms with Gasteiger partial charge in [0.05, 0.1) is 10.5 Å². The van der Waals surface area contributed by atoms with Crippen LogP contribution in [0.3, 0.4) is 0 Å². The first-order valence-electron chi connectivity index (χ1n) is 8.59. The number of ether oxygens (including phenoxy) is 1. The number of nitrogens with two attached hydrogens (primary N) is 1. The number of primary sulfonamides is 1. The SMILES string of the molecule is Cc1ccc(NC(=O)COC(=O)c2ccc(C(C)(C)C)cc2)cc1S(N)(=O)=O. The summed E-state index contributed by atoms with van der Waals surface area (Å²) in [6.07, 6.45) is 0. The summed E-state index contributed by atoms with van der Waals surface area (Å²) in [6, 6.07) is 11.3. The molecule has 0 spiro atoms. The number of esters is 1. The molecule has 0 heterocycles. The Balaban J connectivity index is 1.98. The number of hydrogen-bond donors (Lipinski definition) is 2. The molecule has 0 saturated carbocycles. The van der Waals surface area contributed by atoms with Gasteiger partial charge in [-0.05, 0) is 47.7 Å². The van der Waals surface area contributed by atoms with Gasteiger partial charge in [0.1, 0.15) is 0 Å². The second-order valence-corrected chi connectivity index (χ2v) is 9.01. The van der Waals surface area contributed by atoms with Gasteiger partial charge in [0.2, 0.25) is 10.0 Å². The summed E-state index contributed by atoms with van der Waals surface area (Å²) in [6.45, 7) is 7.29. The van der Waals surface area contributed by atoms with Crippen LogP contribution in [0.1, 0.15) is 42.3 Å². The first kappa shape index (κ1) is 21.6. The Morgan fingerprint density at radius 1 is 1.07 bits per heavy atom. The fourth-order valence-corrected chi connectivity index (χ4v) is 3.31. The lowest BCUT2D eigenvalue weighted by atomic mass is 9.87. The Hall–Kier alpha value is -2.71. The monoisotopic (exact) mass is 404 g/mol.